The Labute approximate surface area is 104 Å². The fraction of sp³-hybridized carbons (Fsp3) is 0.538. The van der Waals surface area contributed by atoms with Gasteiger partial charge in [0.15, 0.2) is 0 Å². The minimum atomic E-state index is -0.180. The van der Waals surface area contributed by atoms with Gasteiger partial charge in [0.1, 0.15) is 18.1 Å². The van der Waals surface area contributed by atoms with Gasteiger partial charge in [-0.3, -0.25) is 14.5 Å². The third-order valence-corrected chi connectivity index (χ3v) is 4.08. The molecule has 1 aromatic rings. The molecule has 0 spiro atoms. The summed E-state index contributed by atoms with van der Waals surface area (Å²) in [7, 11) is 0. The highest BCUT2D eigenvalue weighted by atomic mass is 16.4. The fourth-order valence-corrected chi connectivity index (χ4v) is 2.91. The van der Waals surface area contributed by atoms with Crippen molar-refractivity contribution >= 4 is 11.8 Å². The molecule has 1 aliphatic heterocycles. The summed E-state index contributed by atoms with van der Waals surface area (Å²) in [5.74, 6) is 0.456. The maximum atomic E-state index is 12.1. The molecule has 2 fully saturated rings. The Balaban J connectivity index is 1.76. The van der Waals surface area contributed by atoms with E-state index in [2.05, 4.69) is 0 Å². The molecule has 0 radical (unpaired) electrons. The summed E-state index contributed by atoms with van der Waals surface area (Å²) in [5.41, 5.74) is -0.176. The van der Waals surface area contributed by atoms with E-state index in [1.807, 2.05) is 13.8 Å². The predicted octanol–water partition coefficient (Wildman–Crippen LogP) is 0.913. The van der Waals surface area contributed by atoms with Crippen molar-refractivity contribution in [1.82, 2.24) is 4.90 Å². The molecule has 1 saturated heterocycles. The van der Waals surface area contributed by atoms with Crippen LogP contribution in [0.5, 0.6) is 0 Å². The number of amides is 2. The molecule has 1 saturated carbocycles. The molecule has 0 bridgehead atoms. The van der Waals surface area contributed by atoms with Crippen molar-refractivity contribution in [1.29, 1.82) is 0 Å². The van der Waals surface area contributed by atoms with Crippen molar-refractivity contribution in [2.75, 3.05) is 0 Å². The van der Waals surface area contributed by atoms with E-state index in [1.54, 1.807) is 12.1 Å². The van der Waals surface area contributed by atoms with Gasteiger partial charge in [0.05, 0.1) is 18.4 Å². The number of piperidine rings is 1. The van der Waals surface area contributed by atoms with Crippen molar-refractivity contribution < 1.29 is 19.1 Å². The molecule has 2 unspecified atom stereocenters. The summed E-state index contributed by atoms with van der Waals surface area (Å²) in [4.78, 5) is 25.4. The van der Waals surface area contributed by atoms with E-state index in [0.29, 0.717) is 11.5 Å². The van der Waals surface area contributed by atoms with Crippen molar-refractivity contribution in [3.63, 3.8) is 0 Å². The Morgan fingerprint density at radius 3 is 2.28 bits per heavy atom. The number of imide groups is 1. The van der Waals surface area contributed by atoms with Gasteiger partial charge in [-0.1, -0.05) is 13.8 Å². The van der Waals surface area contributed by atoms with Crippen LogP contribution in [0.4, 0.5) is 0 Å². The summed E-state index contributed by atoms with van der Waals surface area (Å²) in [6.07, 6.45) is 0. The van der Waals surface area contributed by atoms with Crippen LogP contribution in [0.1, 0.15) is 25.4 Å². The topological polar surface area (TPSA) is 70.8 Å². The van der Waals surface area contributed by atoms with Gasteiger partial charge in [-0.05, 0) is 17.5 Å². The number of fused-ring (bicyclic) bond motifs is 1. The minimum absolute atomic E-state index is 0.100. The van der Waals surface area contributed by atoms with E-state index in [-0.39, 0.29) is 42.2 Å². The van der Waals surface area contributed by atoms with Gasteiger partial charge in [-0.25, -0.2) is 0 Å². The van der Waals surface area contributed by atoms with E-state index in [9.17, 15) is 9.59 Å². The third kappa shape index (κ3) is 1.37. The first-order valence-electron chi connectivity index (χ1n) is 6.00. The molecule has 1 aliphatic carbocycles. The number of nitrogens with zero attached hydrogens (tertiary/aromatic N) is 1. The van der Waals surface area contributed by atoms with Crippen LogP contribution in [0.25, 0.3) is 0 Å². The average Bonchev–Trinajstić information content (AvgIpc) is 2.66. The van der Waals surface area contributed by atoms with Crippen LogP contribution >= 0.6 is 0 Å². The van der Waals surface area contributed by atoms with E-state index in [1.165, 1.54) is 4.90 Å². The smallest absolute Gasteiger partial charge is 0.234 e. The largest absolute Gasteiger partial charge is 0.462 e. The number of aliphatic hydroxyl groups is 1. The van der Waals surface area contributed by atoms with Crippen LogP contribution in [0.2, 0.25) is 0 Å². The van der Waals surface area contributed by atoms with Gasteiger partial charge in [0.25, 0.3) is 0 Å². The zero-order valence-corrected chi connectivity index (χ0v) is 10.3. The van der Waals surface area contributed by atoms with E-state index >= 15 is 0 Å². The lowest BCUT2D eigenvalue weighted by Crippen LogP contribution is -2.35. The summed E-state index contributed by atoms with van der Waals surface area (Å²) in [6.45, 7) is 3.89. The van der Waals surface area contributed by atoms with Crippen molar-refractivity contribution in [3.05, 3.63) is 23.7 Å². The summed E-state index contributed by atoms with van der Waals surface area (Å²) >= 11 is 0. The van der Waals surface area contributed by atoms with Crippen molar-refractivity contribution in [2.45, 2.75) is 27.0 Å². The Hall–Kier alpha value is -1.62. The lowest BCUT2D eigenvalue weighted by atomic mass is 10.1. The molecule has 1 N–H and O–H groups in total. The molecule has 0 aromatic carbocycles. The summed E-state index contributed by atoms with van der Waals surface area (Å²) in [5, 5.41) is 8.89. The molecular weight excluding hydrogens is 234 g/mol. The van der Waals surface area contributed by atoms with Crippen LogP contribution in [0.3, 0.4) is 0 Å². The lowest BCUT2D eigenvalue weighted by Gasteiger charge is -2.19. The Kier molecular flexibility index (Phi) is 2.20. The lowest BCUT2D eigenvalue weighted by molar-refractivity contribution is -0.144. The fourth-order valence-electron chi connectivity index (χ4n) is 2.91. The molecule has 3 rings (SSSR count). The molecule has 5 heteroatoms. The van der Waals surface area contributed by atoms with Gasteiger partial charge < -0.3 is 9.52 Å². The maximum absolute atomic E-state index is 12.1. The normalized spacial score (nSPS) is 28.7. The van der Waals surface area contributed by atoms with Crippen LogP contribution in [0, 0.1) is 17.3 Å². The van der Waals surface area contributed by atoms with Gasteiger partial charge >= 0.3 is 0 Å². The van der Waals surface area contributed by atoms with Gasteiger partial charge in [-0.15, -0.1) is 0 Å². The minimum Gasteiger partial charge on any atom is -0.462 e. The number of carbonyl (C=O) groups is 2. The first kappa shape index (κ1) is 11.5. The number of hydrogen-bond acceptors (Lipinski definition) is 4. The number of aliphatic hydroxyl groups excluding tert-OH is 1. The zero-order valence-electron chi connectivity index (χ0n) is 10.3. The van der Waals surface area contributed by atoms with Gasteiger partial charge in [0, 0.05) is 0 Å². The molecule has 1 aromatic heterocycles. The molecule has 18 heavy (non-hydrogen) atoms. The molecule has 2 atom stereocenters. The zero-order chi connectivity index (χ0) is 13.1. The molecule has 2 aliphatic rings. The first-order chi connectivity index (χ1) is 8.46. The number of furan rings is 1. The van der Waals surface area contributed by atoms with Crippen LogP contribution in [-0.2, 0) is 22.7 Å². The predicted molar refractivity (Wildman–Crippen MR) is 60.9 cm³/mol. The maximum Gasteiger partial charge on any atom is 0.234 e. The number of rotatable bonds is 3. The highest BCUT2D eigenvalue weighted by molar-refractivity contribution is 6.10. The molecular formula is C13H15NO4. The first-order valence-corrected chi connectivity index (χ1v) is 6.00. The van der Waals surface area contributed by atoms with E-state index in [0.717, 1.165) is 0 Å². The second kappa shape index (κ2) is 3.45. The monoisotopic (exact) mass is 249 g/mol. The second-order valence-electron chi connectivity index (χ2n) is 5.57. The average molecular weight is 249 g/mol. The number of carbonyl (C=O) groups excluding carboxylic acids is 2. The Bertz CT molecular complexity index is 507. The van der Waals surface area contributed by atoms with Crippen LogP contribution in [-0.4, -0.2) is 21.8 Å². The second-order valence-corrected chi connectivity index (χ2v) is 5.57. The third-order valence-electron chi connectivity index (χ3n) is 4.08. The SMILES string of the molecule is CC1(C)C2C(=O)N(Cc3ccc(CO)o3)C(=O)C21. The molecule has 5 nitrogen and oxygen atoms in total. The van der Waals surface area contributed by atoms with Gasteiger partial charge in [0.2, 0.25) is 11.8 Å². The highest BCUT2D eigenvalue weighted by Crippen LogP contribution is 2.63. The van der Waals surface area contributed by atoms with Crippen molar-refractivity contribution in [3.8, 4) is 0 Å². The quantitative estimate of drug-likeness (QED) is 0.808. The molecule has 96 valence electrons. The molecule has 2 heterocycles. The standard InChI is InChI=1S/C13H15NO4/c1-13(2)9-10(13)12(17)14(11(9)16)5-7-3-4-8(6-15)18-7/h3-4,9-10,15H,5-6H2,1-2H3. The van der Waals surface area contributed by atoms with Crippen LogP contribution in [0.15, 0.2) is 16.5 Å². The van der Waals surface area contributed by atoms with Gasteiger partial charge in [-0.2, -0.15) is 0 Å². The number of hydrogen-bond donors (Lipinski definition) is 1. The van der Waals surface area contributed by atoms with Crippen LogP contribution < -0.4 is 0 Å². The van der Waals surface area contributed by atoms with E-state index in [4.69, 9.17) is 9.52 Å². The number of likely N-dealkylation sites (tertiary alicyclic amines) is 1. The highest BCUT2D eigenvalue weighted by Gasteiger charge is 2.72. The Morgan fingerprint density at radius 2 is 1.78 bits per heavy atom. The summed E-state index contributed by atoms with van der Waals surface area (Å²) < 4.78 is 5.30. The Morgan fingerprint density at radius 1 is 1.22 bits per heavy atom. The van der Waals surface area contributed by atoms with Crippen molar-refractivity contribution in [2.24, 2.45) is 17.3 Å². The molecule has 2 amide bonds. The summed E-state index contributed by atoms with van der Waals surface area (Å²) in [6, 6.07) is 3.33. The van der Waals surface area contributed by atoms with E-state index < -0.39 is 0 Å².